The van der Waals surface area contributed by atoms with E-state index in [1.54, 1.807) is 35.4 Å². The van der Waals surface area contributed by atoms with Crippen molar-refractivity contribution in [1.29, 1.82) is 0 Å². The standard InChI is InChI=1S/C26H31F3N6O2S/c1-30-25(36)17-9-10-22(37-3)20(16-17)31-13-5-6-19-24(38-26(27,28)29)21-7-4-8-23(35(21)33-19)32-18-11-14-34(2)15-12-18/h4,7-10,16,18-19,31-33H,11-15H2,1-3H3,(H,30,36). The number of nitrogens with one attached hydrogen (secondary N) is 4. The van der Waals surface area contributed by atoms with Gasteiger partial charge in [0.2, 0.25) is 0 Å². The minimum atomic E-state index is -4.46. The molecule has 0 bridgehead atoms. The fraction of sp³-hybridized carbons (Fsp3) is 0.423. The zero-order chi connectivity index (χ0) is 27.3. The second kappa shape index (κ2) is 12.1. The Bertz CT molecular complexity index is 1200. The summed E-state index contributed by atoms with van der Waals surface area (Å²) < 4.78 is 45.8. The van der Waals surface area contributed by atoms with Crippen LogP contribution in [0.2, 0.25) is 0 Å². The third-order valence-corrected chi connectivity index (χ3v) is 7.26. The Balaban J connectivity index is 1.49. The molecule has 3 aliphatic heterocycles. The molecule has 0 saturated carbocycles. The highest BCUT2D eigenvalue weighted by atomic mass is 32.2. The number of nitrogens with zero attached hydrogens (tertiary/aromatic N) is 2. The Kier molecular flexibility index (Phi) is 8.81. The SMILES string of the molecule is CNC(=O)c1ccc(OC)c(NCC#CC2NN3C(NC4CCN(C)CC4)=CC=CC3=C2SC(F)(F)F)c1. The molecule has 1 aromatic carbocycles. The van der Waals surface area contributed by atoms with Gasteiger partial charge in [0.15, 0.2) is 0 Å². The van der Waals surface area contributed by atoms with Gasteiger partial charge in [-0.3, -0.25) is 9.80 Å². The third-order valence-electron chi connectivity index (χ3n) is 6.36. The van der Waals surface area contributed by atoms with Crippen molar-refractivity contribution in [3.63, 3.8) is 0 Å². The summed E-state index contributed by atoms with van der Waals surface area (Å²) in [6.45, 7) is 2.06. The van der Waals surface area contributed by atoms with Crippen molar-refractivity contribution in [3.05, 3.63) is 58.4 Å². The van der Waals surface area contributed by atoms with E-state index in [2.05, 4.69) is 45.2 Å². The van der Waals surface area contributed by atoms with Crippen LogP contribution in [0.5, 0.6) is 5.75 Å². The van der Waals surface area contributed by atoms with Gasteiger partial charge in [-0.25, -0.2) is 5.43 Å². The Morgan fingerprint density at radius 3 is 2.74 bits per heavy atom. The molecule has 4 N–H and O–H groups in total. The number of carbonyl (C=O) groups is 1. The molecule has 0 radical (unpaired) electrons. The van der Waals surface area contributed by atoms with Crippen LogP contribution < -0.4 is 26.1 Å². The normalized spacial score (nSPS) is 19.9. The molecule has 8 nitrogen and oxygen atoms in total. The molecule has 38 heavy (non-hydrogen) atoms. The van der Waals surface area contributed by atoms with Crippen molar-refractivity contribution in [3.8, 4) is 17.6 Å². The molecule has 12 heteroatoms. The number of allylic oxidation sites excluding steroid dienone is 3. The summed E-state index contributed by atoms with van der Waals surface area (Å²) in [5.74, 6) is 6.84. The molecule has 3 aliphatic rings. The maximum atomic E-state index is 13.5. The van der Waals surface area contributed by atoms with Gasteiger partial charge in [-0.1, -0.05) is 17.9 Å². The van der Waals surface area contributed by atoms with Gasteiger partial charge in [-0.05, 0) is 75.1 Å². The second-order valence-electron chi connectivity index (χ2n) is 9.00. The van der Waals surface area contributed by atoms with E-state index < -0.39 is 11.6 Å². The number of piperidine rings is 1. The fourth-order valence-corrected chi connectivity index (χ4v) is 5.15. The van der Waals surface area contributed by atoms with E-state index in [4.69, 9.17) is 4.74 Å². The summed E-state index contributed by atoms with van der Waals surface area (Å²) in [5, 5.41) is 10.8. The largest absolute Gasteiger partial charge is 0.495 e. The Hall–Kier alpha value is -3.27. The minimum absolute atomic E-state index is 0.0937. The van der Waals surface area contributed by atoms with Crippen LogP contribution in [-0.2, 0) is 0 Å². The number of likely N-dealkylation sites (tertiary alicyclic amines) is 1. The van der Waals surface area contributed by atoms with E-state index in [9.17, 15) is 18.0 Å². The zero-order valence-electron chi connectivity index (χ0n) is 21.4. The first-order valence-corrected chi connectivity index (χ1v) is 13.0. The van der Waals surface area contributed by atoms with E-state index in [0.717, 1.165) is 25.9 Å². The average Bonchev–Trinajstić information content (AvgIpc) is 3.24. The molecular formula is C26H31F3N6O2S. The van der Waals surface area contributed by atoms with E-state index in [1.165, 1.54) is 14.2 Å². The summed E-state index contributed by atoms with van der Waals surface area (Å²) in [7, 11) is 5.13. The lowest BCUT2D eigenvalue weighted by atomic mass is 10.1. The van der Waals surface area contributed by atoms with E-state index in [0.29, 0.717) is 28.5 Å². The maximum absolute atomic E-state index is 13.5. The number of hydrazine groups is 1. The number of halogens is 3. The molecule has 1 aromatic rings. The van der Waals surface area contributed by atoms with E-state index in [1.807, 2.05) is 6.08 Å². The predicted octanol–water partition coefficient (Wildman–Crippen LogP) is 3.22. The van der Waals surface area contributed by atoms with Crippen LogP contribution in [0.1, 0.15) is 23.2 Å². The van der Waals surface area contributed by atoms with Gasteiger partial charge in [-0.2, -0.15) is 13.2 Å². The predicted molar refractivity (Wildman–Crippen MR) is 143 cm³/mol. The number of fused-ring (bicyclic) bond motifs is 1. The van der Waals surface area contributed by atoms with Crippen molar-refractivity contribution >= 4 is 23.4 Å². The lowest BCUT2D eigenvalue weighted by molar-refractivity contribution is -0.0322. The molecule has 1 saturated heterocycles. The van der Waals surface area contributed by atoms with Gasteiger partial charge >= 0.3 is 5.51 Å². The van der Waals surface area contributed by atoms with Gasteiger partial charge in [0, 0.05) is 23.6 Å². The number of alkyl halides is 3. The molecular weight excluding hydrogens is 517 g/mol. The van der Waals surface area contributed by atoms with E-state index >= 15 is 0 Å². The lowest BCUT2D eigenvalue weighted by Crippen LogP contribution is -2.47. The van der Waals surface area contributed by atoms with Crippen LogP contribution in [0, 0.1) is 11.8 Å². The minimum Gasteiger partial charge on any atom is -0.495 e. The number of ether oxygens (including phenoxy) is 1. The molecule has 4 rings (SSSR count). The molecule has 0 aliphatic carbocycles. The quantitative estimate of drug-likeness (QED) is 0.387. The zero-order valence-corrected chi connectivity index (χ0v) is 22.2. The summed E-state index contributed by atoms with van der Waals surface area (Å²) in [4.78, 5) is 14.3. The highest BCUT2D eigenvalue weighted by Crippen LogP contribution is 2.43. The Morgan fingerprint density at radius 1 is 1.29 bits per heavy atom. The Labute approximate surface area is 224 Å². The molecule has 3 heterocycles. The first-order valence-electron chi connectivity index (χ1n) is 12.2. The van der Waals surface area contributed by atoms with Gasteiger partial charge in [-0.15, -0.1) is 0 Å². The van der Waals surface area contributed by atoms with Crippen LogP contribution in [0.3, 0.4) is 0 Å². The lowest BCUT2D eigenvalue weighted by Gasteiger charge is -2.34. The van der Waals surface area contributed by atoms with E-state index in [-0.39, 0.29) is 35.2 Å². The first kappa shape index (κ1) is 27.8. The van der Waals surface area contributed by atoms with Gasteiger partial charge in [0.1, 0.15) is 17.6 Å². The van der Waals surface area contributed by atoms with Gasteiger partial charge in [0.25, 0.3) is 5.91 Å². The molecule has 1 fully saturated rings. The number of benzene rings is 1. The molecule has 0 spiro atoms. The van der Waals surface area contributed by atoms with Crippen LogP contribution in [0.25, 0.3) is 0 Å². The first-order chi connectivity index (χ1) is 18.2. The van der Waals surface area contributed by atoms with Crippen molar-refractivity contribution in [2.75, 3.05) is 46.2 Å². The average molecular weight is 549 g/mol. The molecule has 1 unspecified atom stereocenters. The smallest absolute Gasteiger partial charge is 0.446 e. The Morgan fingerprint density at radius 2 is 2.05 bits per heavy atom. The van der Waals surface area contributed by atoms with Crippen molar-refractivity contribution in [2.24, 2.45) is 0 Å². The number of hydrogen-bond acceptors (Lipinski definition) is 8. The number of anilines is 1. The van der Waals surface area contributed by atoms with Crippen molar-refractivity contribution in [2.45, 2.75) is 30.4 Å². The number of hydrogen-bond donors (Lipinski definition) is 4. The number of carbonyl (C=O) groups excluding carboxylic acids is 1. The summed E-state index contributed by atoms with van der Waals surface area (Å²) in [6.07, 6.45) is 7.18. The van der Waals surface area contributed by atoms with Crippen LogP contribution >= 0.6 is 11.8 Å². The molecule has 0 aromatic heterocycles. The second-order valence-corrected chi connectivity index (χ2v) is 10.1. The van der Waals surface area contributed by atoms with Crippen LogP contribution in [-0.4, -0.2) is 74.2 Å². The molecule has 1 atom stereocenters. The number of rotatable bonds is 7. The maximum Gasteiger partial charge on any atom is 0.446 e. The third kappa shape index (κ3) is 6.78. The van der Waals surface area contributed by atoms with Crippen molar-refractivity contribution < 1.29 is 22.7 Å². The highest BCUT2D eigenvalue weighted by Gasteiger charge is 2.40. The molecule has 1 amide bonds. The summed E-state index contributed by atoms with van der Waals surface area (Å²) in [5.41, 5.74) is 0.1000. The number of amides is 1. The monoisotopic (exact) mass is 548 g/mol. The van der Waals surface area contributed by atoms with Crippen LogP contribution in [0.15, 0.2) is 52.9 Å². The number of thioether (sulfide) groups is 1. The topological polar surface area (TPSA) is 80.9 Å². The van der Waals surface area contributed by atoms with Crippen molar-refractivity contribution in [1.82, 2.24) is 26.0 Å². The van der Waals surface area contributed by atoms with Gasteiger partial charge in [0.05, 0.1) is 25.0 Å². The molecule has 204 valence electrons. The van der Waals surface area contributed by atoms with Crippen LogP contribution in [0.4, 0.5) is 18.9 Å². The fourth-order valence-electron chi connectivity index (χ4n) is 4.41. The number of methoxy groups -OCH3 is 1. The highest BCUT2D eigenvalue weighted by molar-refractivity contribution is 8.04. The summed E-state index contributed by atoms with van der Waals surface area (Å²) >= 11 is -0.150. The van der Waals surface area contributed by atoms with Gasteiger partial charge < -0.3 is 25.6 Å². The summed E-state index contributed by atoms with van der Waals surface area (Å²) in [6, 6.07) is 4.33.